The van der Waals surface area contributed by atoms with E-state index in [2.05, 4.69) is 5.32 Å². The molecule has 6 heteroatoms. The van der Waals surface area contributed by atoms with E-state index in [9.17, 15) is 9.59 Å². The minimum Gasteiger partial charge on any atom is -0.480 e. The molecule has 2 N–H and O–H groups in total. The SMILES string of the molecule is CCCCC(NC(=O)N(CCOC)C1CC1)C(=O)O. The first-order chi connectivity index (χ1) is 9.10. The Morgan fingerprint density at radius 2 is 2.16 bits per heavy atom. The standard InChI is InChI=1S/C13H24N2O4/c1-3-4-5-11(12(16)17)14-13(18)15(8-9-19-2)10-6-7-10/h10-11H,3-9H2,1-2H3,(H,14,18)(H,16,17). The lowest BCUT2D eigenvalue weighted by Crippen LogP contribution is -2.49. The molecule has 2 amide bonds. The van der Waals surface area contributed by atoms with E-state index in [1.165, 1.54) is 0 Å². The molecule has 0 aromatic heterocycles. The largest absolute Gasteiger partial charge is 0.480 e. The maximum absolute atomic E-state index is 12.1. The number of hydrogen-bond donors (Lipinski definition) is 2. The number of carboxylic acid groups (broad SMARTS) is 1. The number of ether oxygens (including phenoxy) is 1. The van der Waals surface area contributed by atoms with E-state index in [1.54, 1.807) is 12.0 Å². The van der Waals surface area contributed by atoms with Gasteiger partial charge in [-0.25, -0.2) is 9.59 Å². The lowest BCUT2D eigenvalue weighted by Gasteiger charge is -2.24. The Hall–Kier alpha value is -1.30. The smallest absolute Gasteiger partial charge is 0.326 e. The Kier molecular flexibility index (Phi) is 6.62. The summed E-state index contributed by atoms with van der Waals surface area (Å²) in [6.45, 7) is 2.97. The summed E-state index contributed by atoms with van der Waals surface area (Å²) in [6, 6.07) is -0.838. The molecule has 19 heavy (non-hydrogen) atoms. The molecule has 110 valence electrons. The van der Waals surface area contributed by atoms with Gasteiger partial charge in [0.25, 0.3) is 0 Å². The molecular weight excluding hydrogens is 248 g/mol. The van der Waals surface area contributed by atoms with Gasteiger partial charge in [0, 0.05) is 19.7 Å². The van der Waals surface area contributed by atoms with E-state index in [1.807, 2.05) is 6.92 Å². The zero-order chi connectivity index (χ0) is 14.3. The number of unbranched alkanes of at least 4 members (excludes halogenated alkanes) is 1. The summed E-state index contributed by atoms with van der Waals surface area (Å²) < 4.78 is 4.98. The number of methoxy groups -OCH3 is 1. The Balaban J connectivity index is 2.49. The van der Waals surface area contributed by atoms with E-state index < -0.39 is 12.0 Å². The van der Waals surface area contributed by atoms with E-state index in [-0.39, 0.29) is 12.1 Å². The predicted octanol–water partition coefficient (Wildman–Crippen LogP) is 1.45. The Morgan fingerprint density at radius 3 is 2.63 bits per heavy atom. The zero-order valence-electron chi connectivity index (χ0n) is 11.7. The fourth-order valence-electron chi connectivity index (χ4n) is 1.92. The summed E-state index contributed by atoms with van der Waals surface area (Å²) in [5.74, 6) is -0.968. The minimum atomic E-state index is -0.968. The van der Waals surface area contributed by atoms with Gasteiger partial charge in [0.15, 0.2) is 0 Å². The number of carbonyl (C=O) groups is 2. The van der Waals surface area contributed by atoms with Crippen molar-refractivity contribution < 1.29 is 19.4 Å². The third-order valence-corrected chi connectivity index (χ3v) is 3.23. The monoisotopic (exact) mass is 272 g/mol. The van der Waals surface area contributed by atoms with E-state index in [0.29, 0.717) is 19.6 Å². The van der Waals surface area contributed by atoms with Gasteiger partial charge in [-0.15, -0.1) is 0 Å². The number of carboxylic acids is 1. The Labute approximate surface area is 114 Å². The van der Waals surface area contributed by atoms with Gasteiger partial charge in [0.1, 0.15) is 6.04 Å². The van der Waals surface area contributed by atoms with Crippen molar-refractivity contribution in [3.8, 4) is 0 Å². The molecule has 1 unspecified atom stereocenters. The van der Waals surface area contributed by atoms with Crippen LogP contribution in [-0.2, 0) is 9.53 Å². The summed E-state index contributed by atoms with van der Waals surface area (Å²) in [6.07, 6.45) is 4.16. The third kappa shape index (κ3) is 5.46. The second kappa shape index (κ2) is 7.99. The summed E-state index contributed by atoms with van der Waals surface area (Å²) >= 11 is 0. The molecule has 1 saturated carbocycles. The molecule has 1 rings (SSSR count). The minimum absolute atomic E-state index is 0.246. The highest BCUT2D eigenvalue weighted by Crippen LogP contribution is 2.26. The number of amides is 2. The fourth-order valence-corrected chi connectivity index (χ4v) is 1.92. The number of carbonyl (C=O) groups excluding carboxylic acids is 1. The van der Waals surface area contributed by atoms with Crippen LogP contribution < -0.4 is 5.32 Å². The van der Waals surface area contributed by atoms with Crippen molar-refractivity contribution in [2.24, 2.45) is 0 Å². The molecule has 0 radical (unpaired) electrons. The molecule has 0 saturated heterocycles. The molecule has 0 aromatic carbocycles. The fraction of sp³-hybridized carbons (Fsp3) is 0.846. The van der Waals surface area contributed by atoms with Gasteiger partial charge in [-0.2, -0.15) is 0 Å². The maximum atomic E-state index is 12.1. The molecular formula is C13H24N2O4. The van der Waals surface area contributed by atoms with Crippen molar-refractivity contribution >= 4 is 12.0 Å². The van der Waals surface area contributed by atoms with Crippen LogP contribution in [0.5, 0.6) is 0 Å². The average Bonchev–Trinajstić information content (AvgIpc) is 3.19. The first kappa shape index (κ1) is 15.8. The number of nitrogens with zero attached hydrogens (tertiary/aromatic N) is 1. The number of aliphatic carboxylic acids is 1. The van der Waals surface area contributed by atoms with Crippen LogP contribution in [-0.4, -0.2) is 54.4 Å². The molecule has 1 aliphatic carbocycles. The molecule has 0 bridgehead atoms. The van der Waals surface area contributed by atoms with Gasteiger partial charge in [0.05, 0.1) is 6.61 Å². The van der Waals surface area contributed by atoms with Gasteiger partial charge in [-0.05, 0) is 19.3 Å². The number of hydrogen-bond acceptors (Lipinski definition) is 3. The van der Waals surface area contributed by atoms with E-state index >= 15 is 0 Å². The van der Waals surface area contributed by atoms with Crippen molar-refractivity contribution in [3.05, 3.63) is 0 Å². The lowest BCUT2D eigenvalue weighted by atomic mass is 10.1. The summed E-state index contributed by atoms with van der Waals surface area (Å²) in [7, 11) is 1.59. The molecule has 1 aliphatic rings. The molecule has 1 atom stereocenters. The Bertz CT molecular complexity index is 305. The second-order valence-electron chi connectivity index (χ2n) is 4.90. The zero-order valence-corrected chi connectivity index (χ0v) is 11.7. The third-order valence-electron chi connectivity index (χ3n) is 3.23. The molecule has 0 aliphatic heterocycles. The lowest BCUT2D eigenvalue weighted by molar-refractivity contribution is -0.139. The predicted molar refractivity (Wildman–Crippen MR) is 71.1 cm³/mol. The van der Waals surface area contributed by atoms with Crippen molar-refractivity contribution in [2.45, 2.75) is 51.1 Å². The van der Waals surface area contributed by atoms with Crippen molar-refractivity contribution in [1.29, 1.82) is 0 Å². The molecule has 6 nitrogen and oxygen atoms in total. The Morgan fingerprint density at radius 1 is 1.47 bits per heavy atom. The second-order valence-corrected chi connectivity index (χ2v) is 4.90. The first-order valence-corrected chi connectivity index (χ1v) is 6.89. The van der Waals surface area contributed by atoms with Crippen LogP contribution in [0, 0.1) is 0 Å². The van der Waals surface area contributed by atoms with Gasteiger partial charge >= 0.3 is 12.0 Å². The topological polar surface area (TPSA) is 78.9 Å². The highest BCUT2D eigenvalue weighted by Gasteiger charge is 2.33. The van der Waals surface area contributed by atoms with Crippen LogP contribution in [0.2, 0.25) is 0 Å². The molecule has 1 fully saturated rings. The molecule has 0 heterocycles. The van der Waals surface area contributed by atoms with Gasteiger partial charge in [-0.3, -0.25) is 0 Å². The van der Waals surface area contributed by atoms with Crippen LogP contribution in [0.4, 0.5) is 4.79 Å². The number of nitrogens with one attached hydrogen (secondary N) is 1. The van der Waals surface area contributed by atoms with Crippen LogP contribution in [0.15, 0.2) is 0 Å². The maximum Gasteiger partial charge on any atom is 0.326 e. The van der Waals surface area contributed by atoms with Gasteiger partial charge in [-0.1, -0.05) is 19.8 Å². The van der Waals surface area contributed by atoms with Gasteiger partial charge in [0.2, 0.25) is 0 Å². The average molecular weight is 272 g/mol. The highest BCUT2D eigenvalue weighted by molar-refractivity contribution is 5.82. The van der Waals surface area contributed by atoms with Crippen molar-refractivity contribution in [2.75, 3.05) is 20.3 Å². The first-order valence-electron chi connectivity index (χ1n) is 6.89. The van der Waals surface area contributed by atoms with E-state index in [4.69, 9.17) is 9.84 Å². The van der Waals surface area contributed by atoms with Gasteiger partial charge < -0.3 is 20.1 Å². The van der Waals surface area contributed by atoms with Crippen LogP contribution in [0.25, 0.3) is 0 Å². The van der Waals surface area contributed by atoms with Crippen molar-refractivity contribution in [1.82, 2.24) is 10.2 Å². The van der Waals surface area contributed by atoms with Crippen LogP contribution in [0.3, 0.4) is 0 Å². The van der Waals surface area contributed by atoms with E-state index in [0.717, 1.165) is 25.7 Å². The van der Waals surface area contributed by atoms with Crippen LogP contribution in [0.1, 0.15) is 39.0 Å². The number of urea groups is 1. The summed E-state index contributed by atoms with van der Waals surface area (Å²) in [5, 5.41) is 11.7. The summed E-state index contributed by atoms with van der Waals surface area (Å²) in [4.78, 5) is 24.9. The highest BCUT2D eigenvalue weighted by atomic mass is 16.5. The quantitative estimate of drug-likeness (QED) is 0.666. The number of rotatable bonds is 9. The van der Waals surface area contributed by atoms with Crippen molar-refractivity contribution in [3.63, 3.8) is 0 Å². The molecule has 0 aromatic rings. The normalized spacial score (nSPS) is 15.9. The summed E-state index contributed by atoms with van der Waals surface area (Å²) in [5.41, 5.74) is 0. The molecule has 0 spiro atoms. The van der Waals surface area contributed by atoms with Crippen LogP contribution >= 0.6 is 0 Å².